The largest absolute Gasteiger partial charge is 0.484 e. The van der Waals surface area contributed by atoms with Gasteiger partial charge in [-0.25, -0.2) is 0 Å². The molecule has 1 heterocycles. The highest BCUT2D eigenvalue weighted by atomic mass is 35.5. The first-order valence-corrected chi connectivity index (χ1v) is 7.80. The van der Waals surface area contributed by atoms with Crippen LogP contribution in [0, 0.1) is 5.92 Å². The number of hydrogen-bond donors (Lipinski definition) is 0. The van der Waals surface area contributed by atoms with Gasteiger partial charge < -0.3 is 14.5 Å². The van der Waals surface area contributed by atoms with Crippen molar-refractivity contribution in [3.63, 3.8) is 0 Å². The number of benzene rings is 1. The van der Waals surface area contributed by atoms with Crippen molar-refractivity contribution in [2.45, 2.75) is 13.8 Å². The van der Waals surface area contributed by atoms with Crippen molar-refractivity contribution in [3.8, 4) is 5.75 Å². The van der Waals surface area contributed by atoms with Crippen LogP contribution in [0.25, 0.3) is 0 Å². The maximum atomic E-state index is 12.1. The number of nitrogens with zero attached hydrogens (tertiary/aromatic N) is 2. The van der Waals surface area contributed by atoms with Crippen LogP contribution in [0.2, 0.25) is 5.02 Å². The summed E-state index contributed by atoms with van der Waals surface area (Å²) in [5.41, 5.74) is 0. The summed E-state index contributed by atoms with van der Waals surface area (Å²) in [6, 6.07) is 6.90. The highest BCUT2D eigenvalue weighted by Gasteiger charge is 2.25. The van der Waals surface area contributed by atoms with Gasteiger partial charge in [-0.1, -0.05) is 25.4 Å². The molecule has 2 rings (SSSR count). The Labute approximate surface area is 135 Å². The van der Waals surface area contributed by atoms with E-state index in [2.05, 4.69) is 0 Å². The van der Waals surface area contributed by atoms with Crippen LogP contribution in [-0.4, -0.2) is 54.4 Å². The summed E-state index contributed by atoms with van der Waals surface area (Å²) in [6.45, 7) is 6.06. The molecular formula is C16H21ClN2O3. The Kier molecular flexibility index (Phi) is 5.66. The monoisotopic (exact) mass is 324 g/mol. The molecule has 0 spiro atoms. The van der Waals surface area contributed by atoms with E-state index in [9.17, 15) is 9.59 Å². The van der Waals surface area contributed by atoms with Gasteiger partial charge in [0.25, 0.3) is 5.91 Å². The van der Waals surface area contributed by atoms with Crippen molar-refractivity contribution >= 4 is 23.4 Å². The third kappa shape index (κ3) is 4.37. The van der Waals surface area contributed by atoms with Crippen LogP contribution >= 0.6 is 11.6 Å². The molecule has 1 aliphatic rings. The number of rotatable bonds is 4. The third-order valence-corrected chi connectivity index (χ3v) is 3.87. The molecule has 0 bridgehead atoms. The van der Waals surface area contributed by atoms with E-state index in [1.54, 1.807) is 29.2 Å². The van der Waals surface area contributed by atoms with Gasteiger partial charge in [0.1, 0.15) is 5.75 Å². The average molecular weight is 325 g/mol. The molecule has 0 atom stereocenters. The van der Waals surface area contributed by atoms with Gasteiger partial charge in [0.05, 0.1) is 0 Å². The summed E-state index contributed by atoms with van der Waals surface area (Å²) in [5, 5.41) is 0.629. The van der Waals surface area contributed by atoms with Gasteiger partial charge in [0.15, 0.2) is 6.61 Å². The number of hydrogen-bond acceptors (Lipinski definition) is 3. The van der Waals surface area contributed by atoms with E-state index in [1.165, 1.54) is 0 Å². The first kappa shape index (κ1) is 16.6. The molecule has 6 heteroatoms. The zero-order valence-corrected chi connectivity index (χ0v) is 13.7. The van der Waals surface area contributed by atoms with E-state index in [-0.39, 0.29) is 24.3 Å². The van der Waals surface area contributed by atoms with Crippen LogP contribution < -0.4 is 4.74 Å². The van der Waals surface area contributed by atoms with E-state index >= 15 is 0 Å². The normalized spacial score (nSPS) is 15.1. The number of ether oxygens (including phenoxy) is 1. The Morgan fingerprint density at radius 2 is 1.64 bits per heavy atom. The average Bonchev–Trinajstić information content (AvgIpc) is 2.53. The maximum Gasteiger partial charge on any atom is 0.260 e. The molecule has 5 nitrogen and oxygen atoms in total. The first-order chi connectivity index (χ1) is 10.5. The van der Waals surface area contributed by atoms with Crippen molar-refractivity contribution in [1.29, 1.82) is 0 Å². The van der Waals surface area contributed by atoms with E-state index in [4.69, 9.17) is 16.3 Å². The fraction of sp³-hybridized carbons (Fsp3) is 0.500. The van der Waals surface area contributed by atoms with Gasteiger partial charge in [-0.3, -0.25) is 9.59 Å². The standard InChI is InChI=1S/C16H21ClN2O3/c1-12(2)16(21)19-9-7-18(8-10-19)15(20)11-22-14-5-3-13(17)4-6-14/h3-6,12H,7-11H2,1-2H3. The minimum atomic E-state index is -0.0633. The predicted molar refractivity (Wildman–Crippen MR) is 84.9 cm³/mol. The van der Waals surface area contributed by atoms with Gasteiger partial charge in [0, 0.05) is 37.1 Å². The van der Waals surface area contributed by atoms with Crippen molar-refractivity contribution in [1.82, 2.24) is 9.80 Å². The molecule has 0 radical (unpaired) electrons. The molecule has 0 unspecified atom stereocenters. The quantitative estimate of drug-likeness (QED) is 0.851. The smallest absolute Gasteiger partial charge is 0.260 e. The topological polar surface area (TPSA) is 49.9 Å². The zero-order valence-electron chi connectivity index (χ0n) is 12.9. The lowest BCUT2D eigenvalue weighted by atomic mass is 10.1. The van der Waals surface area contributed by atoms with Gasteiger partial charge in [-0.15, -0.1) is 0 Å². The summed E-state index contributed by atoms with van der Waals surface area (Å²) < 4.78 is 5.46. The summed E-state index contributed by atoms with van der Waals surface area (Å²) in [7, 11) is 0. The van der Waals surface area contributed by atoms with E-state index in [1.807, 2.05) is 18.7 Å². The summed E-state index contributed by atoms with van der Waals surface area (Å²) in [6.07, 6.45) is 0. The lowest BCUT2D eigenvalue weighted by molar-refractivity contribution is -0.142. The van der Waals surface area contributed by atoms with Gasteiger partial charge >= 0.3 is 0 Å². The molecule has 1 aromatic carbocycles. The Balaban J connectivity index is 1.77. The first-order valence-electron chi connectivity index (χ1n) is 7.42. The predicted octanol–water partition coefficient (Wildman–Crippen LogP) is 2.05. The fourth-order valence-electron chi connectivity index (χ4n) is 2.31. The van der Waals surface area contributed by atoms with Crippen molar-refractivity contribution in [3.05, 3.63) is 29.3 Å². The number of carbonyl (C=O) groups is 2. The molecular weight excluding hydrogens is 304 g/mol. The molecule has 0 aromatic heterocycles. The van der Waals surface area contributed by atoms with Crippen molar-refractivity contribution in [2.75, 3.05) is 32.8 Å². The highest BCUT2D eigenvalue weighted by Crippen LogP contribution is 2.15. The van der Waals surface area contributed by atoms with Crippen molar-refractivity contribution < 1.29 is 14.3 Å². The maximum absolute atomic E-state index is 12.1. The molecule has 1 aliphatic heterocycles. The Hall–Kier alpha value is -1.75. The van der Waals surface area contributed by atoms with Crippen LogP contribution in [0.15, 0.2) is 24.3 Å². The summed E-state index contributed by atoms with van der Waals surface area (Å²) >= 11 is 5.79. The van der Waals surface area contributed by atoms with Crippen LogP contribution in [-0.2, 0) is 9.59 Å². The molecule has 0 saturated carbocycles. The zero-order chi connectivity index (χ0) is 16.1. The summed E-state index contributed by atoms with van der Waals surface area (Å²) in [5.74, 6) is 0.693. The van der Waals surface area contributed by atoms with Gasteiger partial charge in [0.2, 0.25) is 5.91 Å². The second kappa shape index (κ2) is 7.49. The Morgan fingerprint density at radius 3 is 2.18 bits per heavy atom. The summed E-state index contributed by atoms with van der Waals surface area (Å²) in [4.78, 5) is 27.6. The molecule has 120 valence electrons. The molecule has 1 aromatic rings. The Morgan fingerprint density at radius 1 is 1.09 bits per heavy atom. The number of piperazine rings is 1. The number of halogens is 1. The molecule has 0 N–H and O–H groups in total. The molecule has 22 heavy (non-hydrogen) atoms. The minimum Gasteiger partial charge on any atom is -0.484 e. The SMILES string of the molecule is CC(C)C(=O)N1CCN(C(=O)COc2ccc(Cl)cc2)CC1. The molecule has 1 fully saturated rings. The van der Waals surface area contributed by atoms with E-state index in [0.717, 1.165) is 0 Å². The molecule has 1 saturated heterocycles. The van der Waals surface area contributed by atoms with Crippen molar-refractivity contribution in [2.24, 2.45) is 5.92 Å². The Bertz CT molecular complexity index is 523. The van der Waals surface area contributed by atoms with Gasteiger partial charge in [-0.05, 0) is 24.3 Å². The number of amides is 2. The lowest BCUT2D eigenvalue weighted by Gasteiger charge is -2.35. The molecule has 0 aliphatic carbocycles. The van der Waals surface area contributed by atoms with Crippen LogP contribution in [0.4, 0.5) is 0 Å². The fourth-order valence-corrected chi connectivity index (χ4v) is 2.43. The van der Waals surface area contributed by atoms with E-state index in [0.29, 0.717) is 37.0 Å². The third-order valence-electron chi connectivity index (χ3n) is 3.61. The molecule has 2 amide bonds. The highest BCUT2D eigenvalue weighted by molar-refractivity contribution is 6.30. The van der Waals surface area contributed by atoms with Gasteiger partial charge in [-0.2, -0.15) is 0 Å². The second-order valence-corrected chi connectivity index (χ2v) is 6.04. The lowest BCUT2D eigenvalue weighted by Crippen LogP contribution is -2.52. The van der Waals surface area contributed by atoms with E-state index < -0.39 is 0 Å². The second-order valence-electron chi connectivity index (χ2n) is 5.60. The minimum absolute atomic E-state index is 0.000239. The van der Waals surface area contributed by atoms with Crippen LogP contribution in [0.5, 0.6) is 5.75 Å². The number of carbonyl (C=O) groups excluding carboxylic acids is 2. The van der Waals surface area contributed by atoms with Crippen LogP contribution in [0.1, 0.15) is 13.8 Å². The van der Waals surface area contributed by atoms with Crippen LogP contribution in [0.3, 0.4) is 0 Å².